The molecular weight excluding hydrogens is 189 g/mol. The molecule has 0 N–H and O–H groups in total. The fourth-order valence-electron chi connectivity index (χ4n) is 0.757. The molecule has 1 aromatic heterocycles. The van der Waals surface area contributed by atoms with Crippen molar-refractivity contribution < 1.29 is 18.1 Å². The van der Waals surface area contributed by atoms with Crippen molar-refractivity contribution in [1.82, 2.24) is 4.98 Å². The van der Waals surface area contributed by atoms with Gasteiger partial charge in [-0.15, -0.1) is 0 Å². The van der Waals surface area contributed by atoms with Gasteiger partial charge < -0.3 is 0 Å². The van der Waals surface area contributed by atoms with Crippen LogP contribution in [-0.2, 0) is 0 Å². The van der Waals surface area contributed by atoms with E-state index < -0.39 is 28.5 Å². The van der Waals surface area contributed by atoms with Crippen molar-refractivity contribution in [2.75, 3.05) is 0 Å². The summed E-state index contributed by atoms with van der Waals surface area (Å²) in [6, 6.07) is 0.363. The van der Waals surface area contributed by atoms with Crippen LogP contribution in [0, 0.1) is 16.1 Å². The van der Waals surface area contributed by atoms with E-state index in [1.165, 1.54) is 0 Å². The lowest BCUT2D eigenvalue weighted by molar-refractivity contribution is -0.386. The van der Waals surface area contributed by atoms with E-state index in [1.807, 2.05) is 0 Å². The molecule has 0 bridgehead atoms. The van der Waals surface area contributed by atoms with Crippen LogP contribution >= 0.6 is 0 Å². The summed E-state index contributed by atoms with van der Waals surface area (Å²) in [5.41, 5.74) is -1.84. The first kappa shape index (κ1) is 9.43. The van der Waals surface area contributed by atoms with Crippen molar-refractivity contribution in [3.05, 3.63) is 33.9 Å². The van der Waals surface area contributed by atoms with Gasteiger partial charge in [0.25, 0.3) is 12.1 Å². The molecule has 0 saturated carbocycles. The highest BCUT2D eigenvalue weighted by atomic mass is 19.3. The highest BCUT2D eigenvalue weighted by Crippen LogP contribution is 2.27. The van der Waals surface area contributed by atoms with E-state index in [0.29, 0.717) is 12.3 Å². The molecule has 0 saturated heterocycles. The van der Waals surface area contributed by atoms with Crippen LogP contribution < -0.4 is 0 Å². The van der Waals surface area contributed by atoms with Crippen molar-refractivity contribution in [3.8, 4) is 0 Å². The van der Waals surface area contributed by atoms with Gasteiger partial charge in [0.15, 0.2) is 0 Å². The maximum Gasteiger partial charge on any atom is 0.284 e. The first-order valence-electron chi connectivity index (χ1n) is 3.10. The number of pyridine rings is 1. The second kappa shape index (κ2) is 3.38. The molecule has 0 aliphatic heterocycles. The van der Waals surface area contributed by atoms with Crippen LogP contribution in [-0.4, -0.2) is 9.91 Å². The first-order valence-corrected chi connectivity index (χ1v) is 3.10. The largest absolute Gasteiger partial charge is 0.284 e. The summed E-state index contributed by atoms with van der Waals surface area (Å²) in [4.78, 5) is 12.0. The number of hydrogen-bond acceptors (Lipinski definition) is 3. The van der Waals surface area contributed by atoms with Gasteiger partial charge in [0.1, 0.15) is 5.56 Å². The van der Waals surface area contributed by atoms with E-state index in [9.17, 15) is 23.3 Å². The van der Waals surface area contributed by atoms with Crippen molar-refractivity contribution in [3.63, 3.8) is 0 Å². The lowest BCUT2D eigenvalue weighted by Crippen LogP contribution is -1.98. The summed E-state index contributed by atoms with van der Waals surface area (Å²) >= 11 is 0. The highest BCUT2D eigenvalue weighted by Gasteiger charge is 2.22. The summed E-state index contributed by atoms with van der Waals surface area (Å²) in [5, 5.41) is 10.2. The summed E-state index contributed by atoms with van der Waals surface area (Å²) in [5.74, 6) is -1.16. The maximum absolute atomic E-state index is 12.3. The molecule has 0 fully saturated rings. The third-order valence-electron chi connectivity index (χ3n) is 1.31. The molecular formula is C6H3F3N2O2. The zero-order chi connectivity index (χ0) is 10.0. The van der Waals surface area contributed by atoms with Crippen LogP contribution in [0.2, 0.25) is 0 Å². The van der Waals surface area contributed by atoms with E-state index in [1.54, 1.807) is 0 Å². The summed E-state index contributed by atoms with van der Waals surface area (Å²) in [6.45, 7) is 0. The minimum absolute atomic E-state index is 0.363. The SMILES string of the molecule is O=[N+]([O-])c1cc(F)ncc1C(F)F. The lowest BCUT2D eigenvalue weighted by Gasteiger charge is -1.99. The number of nitrogens with zero attached hydrogens (tertiary/aromatic N) is 2. The molecule has 0 amide bonds. The minimum Gasteiger partial charge on any atom is -0.258 e. The maximum atomic E-state index is 12.3. The van der Waals surface area contributed by atoms with E-state index in [0.717, 1.165) is 0 Å². The standard InChI is InChI=1S/C6H3F3N2O2/c7-5-1-4(11(12)13)3(2-10-5)6(8)9/h1-2,6H. The Hall–Kier alpha value is -1.66. The monoisotopic (exact) mass is 192 g/mol. The Labute approximate surface area is 70.2 Å². The average molecular weight is 192 g/mol. The predicted octanol–water partition coefficient (Wildman–Crippen LogP) is 2.07. The molecule has 0 aromatic carbocycles. The van der Waals surface area contributed by atoms with Gasteiger partial charge in [-0.25, -0.2) is 13.8 Å². The van der Waals surface area contributed by atoms with Gasteiger partial charge in [-0.05, 0) is 0 Å². The van der Waals surface area contributed by atoms with E-state index in [2.05, 4.69) is 4.98 Å². The fourth-order valence-corrected chi connectivity index (χ4v) is 0.757. The molecule has 0 spiro atoms. The second-order valence-electron chi connectivity index (χ2n) is 2.12. The van der Waals surface area contributed by atoms with Crippen LogP contribution in [0.1, 0.15) is 12.0 Å². The molecule has 0 aliphatic rings. The molecule has 1 aromatic rings. The Morgan fingerprint density at radius 2 is 2.15 bits per heavy atom. The van der Waals surface area contributed by atoms with Crippen LogP contribution in [0.4, 0.5) is 18.9 Å². The van der Waals surface area contributed by atoms with Crippen molar-refractivity contribution >= 4 is 5.69 Å². The van der Waals surface area contributed by atoms with Crippen LogP contribution in [0.15, 0.2) is 12.3 Å². The quantitative estimate of drug-likeness (QED) is 0.409. The molecule has 0 aliphatic carbocycles. The van der Waals surface area contributed by atoms with Gasteiger partial charge in [-0.1, -0.05) is 0 Å². The summed E-state index contributed by atoms with van der Waals surface area (Å²) in [6.07, 6.45) is -2.58. The Morgan fingerprint density at radius 1 is 1.54 bits per heavy atom. The molecule has 1 heterocycles. The minimum atomic E-state index is -3.03. The number of rotatable bonds is 2. The zero-order valence-corrected chi connectivity index (χ0v) is 6.08. The molecule has 0 atom stereocenters. The van der Waals surface area contributed by atoms with Crippen molar-refractivity contribution in [1.29, 1.82) is 0 Å². The molecule has 0 radical (unpaired) electrons. The van der Waals surface area contributed by atoms with Gasteiger partial charge in [-0.3, -0.25) is 10.1 Å². The van der Waals surface area contributed by atoms with E-state index in [4.69, 9.17) is 0 Å². The third-order valence-corrected chi connectivity index (χ3v) is 1.31. The number of aromatic nitrogens is 1. The number of halogens is 3. The van der Waals surface area contributed by atoms with Gasteiger partial charge >= 0.3 is 0 Å². The highest BCUT2D eigenvalue weighted by molar-refractivity contribution is 5.38. The first-order chi connectivity index (χ1) is 6.02. The van der Waals surface area contributed by atoms with Crippen LogP contribution in [0.25, 0.3) is 0 Å². The molecule has 0 unspecified atom stereocenters. The molecule has 70 valence electrons. The number of alkyl halides is 2. The van der Waals surface area contributed by atoms with Gasteiger partial charge in [-0.2, -0.15) is 4.39 Å². The summed E-state index contributed by atoms with van der Waals surface area (Å²) in [7, 11) is 0. The van der Waals surface area contributed by atoms with Crippen LogP contribution in [0.5, 0.6) is 0 Å². The Bertz CT molecular complexity index is 343. The Balaban J connectivity index is 3.27. The average Bonchev–Trinajstić information content (AvgIpc) is 2.03. The molecule has 4 nitrogen and oxygen atoms in total. The molecule has 1 rings (SSSR count). The van der Waals surface area contributed by atoms with Gasteiger partial charge in [0.05, 0.1) is 11.0 Å². The smallest absolute Gasteiger partial charge is 0.258 e. The van der Waals surface area contributed by atoms with Gasteiger partial charge in [0, 0.05) is 6.20 Å². The Kier molecular flexibility index (Phi) is 2.45. The number of nitro groups is 1. The lowest BCUT2D eigenvalue weighted by atomic mass is 10.2. The third kappa shape index (κ3) is 1.92. The van der Waals surface area contributed by atoms with Crippen molar-refractivity contribution in [2.24, 2.45) is 0 Å². The normalized spacial score (nSPS) is 10.5. The molecule has 7 heteroatoms. The van der Waals surface area contributed by atoms with Crippen molar-refractivity contribution in [2.45, 2.75) is 6.43 Å². The topological polar surface area (TPSA) is 56.0 Å². The van der Waals surface area contributed by atoms with E-state index >= 15 is 0 Å². The predicted molar refractivity (Wildman–Crippen MR) is 35.8 cm³/mol. The molecule has 13 heavy (non-hydrogen) atoms. The van der Waals surface area contributed by atoms with Crippen LogP contribution in [0.3, 0.4) is 0 Å². The fraction of sp³-hybridized carbons (Fsp3) is 0.167. The van der Waals surface area contributed by atoms with E-state index in [-0.39, 0.29) is 0 Å². The van der Waals surface area contributed by atoms with Gasteiger partial charge in [0.2, 0.25) is 5.95 Å². The summed E-state index contributed by atoms with van der Waals surface area (Å²) < 4.78 is 36.4. The Morgan fingerprint density at radius 3 is 2.62 bits per heavy atom. The second-order valence-corrected chi connectivity index (χ2v) is 2.12. The number of hydrogen-bond donors (Lipinski definition) is 0. The zero-order valence-electron chi connectivity index (χ0n) is 6.08.